The summed E-state index contributed by atoms with van der Waals surface area (Å²) in [7, 11) is 4.05. The summed E-state index contributed by atoms with van der Waals surface area (Å²) < 4.78 is 0. The third-order valence-electron chi connectivity index (χ3n) is 3.90. The van der Waals surface area contributed by atoms with Gasteiger partial charge < -0.3 is 16.0 Å². The Hall–Kier alpha value is -2.74. The first-order chi connectivity index (χ1) is 12.4. The molecule has 2 aromatic carbocycles. The number of amides is 2. The SMILES string of the molecule is CN(C)Cc1ccc(-c2ccc(C(=O)N[C@@H](CN)C(=O)NO)cc2)cc1. The number of rotatable bonds is 7. The molecule has 0 heterocycles. The number of benzene rings is 2. The van der Waals surface area contributed by atoms with Gasteiger partial charge >= 0.3 is 0 Å². The predicted octanol–water partition coefficient (Wildman–Crippen LogP) is 0.978. The van der Waals surface area contributed by atoms with E-state index in [2.05, 4.69) is 22.3 Å². The van der Waals surface area contributed by atoms with E-state index in [9.17, 15) is 9.59 Å². The molecule has 0 aliphatic rings. The van der Waals surface area contributed by atoms with Crippen LogP contribution >= 0.6 is 0 Å². The Morgan fingerprint density at radius 3 is 2.04 bits per heavy atom. The first-order valence-corrected chi connectivity index (χ1v) is 8.23. The summed E-state index contributed by atoms with van der Waals surface area (Å²) in [6, 6.07) is 14.3. The van der Waals surface area contributed by atoms with Gasteiger partial charge in [-0.05, 0) is 42.9 Å². The molecule has 0 fully saturated rings. The van der Waals surface area contributed by atoms with Gasteiger partial charge in [-0.2, -0.15) is 0 Å². The van der Waals surface area contributed by atoms with Crippen molar-refractivity contribution >= 4 is 11.8 Å². The van der Waals surface area contributed by atoms with E-state index in [0.29, 0.717) is 5.56 Å². The summed E-state index contributed by atoms with van der Waals surface area (Å²) in [5, 5.41) is 11.1. The van der Waals surface area contributed by atoms with Gasteiger partial charge in [0.25, 0.3) is 11.8 Å². The molecule has 0 aliphatic carbocycles. The topological polar surface area (TPSA) is 108 Å². The lowest BCUT2D eigenvalue weighted by Gasteiger charge is -2.14. The zero-order valence-corrected chi connectivity index (χ0v) is 14.9. The highest BCUT2D eigenvalue weighted by Crippen LogP contribution is 2.20. The molecule has 0 aliphatic heterocycles. The standard InChI is InChI=1S/C19H24N4O3/c1-23(2)12-13-3-5-14(6-4-13)15-7-9-16(10-8-15)18(24)21-17(11-20)19(25)22-26/h3-10,17,26H,11-12,20H2,1-2H3,(H,21,24)(H,22,25)/t17-/m0/s1. The summed E-state index contributed by atoms with van der Waals surface area (Å²) in [6.07, 6.45) is 0. The van der Waals surface area contributed by atoms with Gasteiger partial charge in [-0.1, -0.05) is 36.4 Å². The number of carbonyl (C=O) groups is 2. The number of nitrogens with two attached hydrogens (primary N) is 1. The third-order valence-corrected chi connectivity index (χ3v) is 3.90. The summed E-state index contributed by atoms with van der Waals surface area (Å²) in [5.41, 5.74) is 10.6. The van der Waals surface area contributed by atoms with E-state index in [4.69, 9.17) is 10.9 Å². The molecule has 0 radical (unpaired) electrons. The fourth-order valence-electron chi connectivity index (χ4n) is 2.53. The van der Waals surface area contributed by atoms with Crippen molar-refractivity contribution in [3.8, 4) is 11.1 Å². The molecule has 138 valence electrons. The van der Waals surface area contributed by atoms with Crippen LogP contribution in [0.3, 0.4) is 0 Å². The van der Waals surface area contributed by atoms with Crippen molar-refractivity contribution in [3.05, 3.63) is 59.7 Å². The van der Waals surface area contributed by atoms with Gasteiger partial charge in [0.15, 0.2) is 0 Å². The van der Waals surface area contributed by atoms with Gasteiger partial charge in [0.05, 0.1) is 0 Å². The van der Waals surface area contributed by atoms with Gasteiger partial charge in [0, 0.05) is 18.7 Å². The molecule has 0 saturated carbocycles. The third kappa shape index (κ3) is 5.13. The maximum Gasteiger partial charge on any atom is 0.267 e. The Morgan fingerprint density at radius 2 is 1.58 bits per heavy atom. The molecule has 0 saturated heterocycles. The average Bonchev–Trinajstić information content (AvgIpc) is 2.65. The van der Waals surface area contributed by atoms with Crippen molar-refractivity contribution in [1.29, 1.82) is 0 Å². The Bertz CT molecular complexity index is 742. The van der Waals surface area contributed by atoms with Crippen LogP contribution in [0, 0.1) is 0 Å². The summed E-state index contributed by atoms with van der Waals surface area (Å²) in [5.74, 6) is -1.19. The smallest absolute Gasteiger partial charge is 0.267 e. The minimum atomic E-state index is -0.989. The van der Waals surface area contributed by atoms with E-state index in [0.717, 1.165) is 17.7 Å². The quantitative estimate of drug-likeness (QED) is 0.437. The molecule has 0 unspecified atom stereocenters. The van der Waals surface area contributed by atoms with Crippen molar-refractivity contribution < 1.29 is 14.8 Å². The molecule has 0 aromatic heterocycles. The van der Waals surface area contributed by atoms with E-state index < -0.39 is 17.9 Å². The molecule has 0 bridgehead atoms. The number of nitrogens with zero attached hydrogens (tertiary/aromatic N) is 1. The largest absolute Gasteiger partial charge is 0.339 e. The van der Waals surface area contributed by atoms with E-state index in [-0.39, 0.29) is 6.54 Å². The Morgan fingerprint density at radius 1 is 1.04 bits per heavy atom. The second kappa shape index (κ2) is 9.10. The van der Waals surface area contributed by atoms with Crippen molar-refractivity contribution in [2.45, 2.75) is 12.6 Å². The van der Waals surface area contributed by atoms with Gasteiger partial charge in [0.2, 0.25) is 0 Å². The van der Waals surface area contributed by atoms with Gasteiger partial charge in [-0.3, -0.25) is 14.8 Å². The Kier molecular flexibility index (Phi) is 6.85. The average molecular weight is 356 g/mol. The van der Waals surface area contributed by atoms with E-state index in [1.165, 1.54) is 11.0 Å². The zero-order valence-electron chi connectivity index (χ0n) is 14.9. The van der Waals surface area contributed by atoms with E-state index in [1.54, 1.807) is 12.1 Å². The maximum atomic E-state index is 12.2. The first kappa shape index (κ1) is 19.6. The second-order valence-electron chi connectivity index (χ2n) is 6.25. The van der Waals surface area contributed by atoms with Gasteiger partial charge in [0.1, 0.15) is 6.04 Å². The lowest BCUT2D eigenvalue weighted by molar-refractivity contribution is -0.130. The van der Waals surface area contributed by atoms with Gasteiger partial charge in [-0.25, -0.2) is 5.48 Å². The van der Waals surface area contributed by atoms with Crippen molar-refractivity contribution in [2.24, 2.45) is 5.73 Å². The highest BCUT2D eigenvalue weighted by Gasteiger charge is 2.19. The van der Waals surface area contributed by atoms with Crippen molar-refractivity contribution in [3.63, 3.8) is 0 Å². The molecule has 0 spiro atoms. The van der Waals surface area contributed by atoms with E-state index >= 15 is 0 Å². The lowest BCUT2D eigenvalue weighted by Crippen LogP contribution is -2.50. The number of nitrogens with one attached hydrogen (secondary N) is 2. The normalized spacial score (nSPS) is 11.9. The molecule has 7 heteroatoms. The predicted molar refractivity (Wildman–Crippen MR) is 99.5 cm³/mol. The fraction of sp³-hybridized carbons (Fsp3) is 0.263. The monoisotopic (exact) mass is 356 g/mol. The van der Waals surface area contributed by atoms with Crippen LogP contribution in [-0.2, 0) is 11.3 Å². The number of hydroxylamine groups is 1. The second-order valence-corrected chi connectivity index (χ2v) is 6.25. The Balaban J connectivity index is 2.07. The summed E-state index contributed by atoms with van der Waals surface area (Å²) in [6.45, 7) is 0.763. The van der Waals surface area contributed by atoms with Crippen molar-refractivity contribution in [1.82, 2.24) is 15.7 Å². The Labute approximate surface area is 152 Å². The molecule has 2 aromatic rings. The summed E-state index contributed by atoms with van der Waals surface area (Å²) >= 11 is 0. The van der Waals surface area contributed by atoms with E-state index in [1.807, 2.05) is 38.4 Å². The zero-order chi connectivity index (χ0) is 19.1. The fourth-order valence-corrected chi connectivity index (χ4v) is 2.53. The lowest BCUT2D eigenvalue weighted by atomic mass is 10.0. The van der Waals surface area contributed by atoms with Crippen LogP contribution in [0.5, 0.6) is 0 Å². The number of carbonyl (C=O) groups excluding carboxylic acids is 2. The molecular weight excluding hydrogens is 332 g/mol. The molecule has 1 atom stereocenters. The molecule has 2 amide bonds. The maximum absolute atomic E-state index is 12.2. The summed E-state index contributed by atoms with van der Waals surface area (Å²) in [4.78, 5) is 25.7. The van der Waals surface area contributed by atoms with Crippen LogP contribution in [-0.4, -0.2) is 48.6 Å². The molecule has 7 nitrogen and oxygen atoms in total. The number of hydrogen-bond donors (Lipinski definition) is 4. The van der Waals surface area contributed by atoms with Crippen molar-refractivity contribution in [2.75, 3.05) is 20.6 Å². The van der Waals surface area contributed by atoms with Crippen LogP contribution in [0.15, 0.2) is 48.5 Å². The first-order valence-electron chi connectivity index (χ1n) is 8.23. The minimum absolute atomic E-state index is 0.116. The van der Waals surface area contributed by atoms with Crippen LogP contribution in [0.4, 0.5) is 0 Å². The van der Waals surface area contributed by atoms with Gasteiger partial charge in [-0.15, -0.1) is 0 Å². The highest BCUT2D eigenvalue weighted by molar-refractivity contribution is 5.97. The van der Waals surface area contributed by atoms with Crippen LogP contribution in [0.25, 0.3) is 11.1 Å². The molecular formula is C19H24N4O3. The highest BCUT2D eigenvalue weighted by atomic mass is 16.5. The number of hydrogen-bond acceptors (Lipinski definition) is 5. The van der Waals surface area contributed by atoms with Crippen LogP contribution < -0.4 is 16.5 Å². The minimum Gasteiger partial charge on any atom is -0.339 e. The molecule has 2 rings (SSSR count). The van der Waals surface area contributed by atoms with Crippen LogP contribution in [0.1, 0.15) is 15.9 Å². The molecule has 26 heavy (non-hydrogen) atoms. The van der Waals surface area contributed by atoms with Crippen LogP contribution in [0.2, 0.25) is 0 Å². The molecule has 5 N–H and O–H groups in total.